The minimum absolute atomic E-state index is 0.000125. The Kier molecular flexibility index (Phi) is 6.57. The van der Waals surface area contributed by atoms with E-state index in [1.807, 2.05) is 24.3 Å². The zero-order valence-corrected chi connectivity index (χ0v) is 14.2. The van der Waals surface area contributed by atoms with Crippen molar-refractivity contribution in [1.29, 1.82) is 0 Å². The molecule has 0 radical (unpaired) electrons. The first-order valence-electron chi connectivity index (χ1n) is 7.47. The Bertz CT molecular complexity index is 747. The van der Waals surface area contributed by atoms with Crippen molar-refractivity contribution in [2.75, 3.05) is 26.0 Å². The van der Waals surface area contributed by atoms with Gasteiger partial charge in [0.05, 0.1) is 12.9 Å². The van der Waals surface area contributed by atoms with Crippen molar-refractivity contribution >= 4 is 10.0 Å². The molecule has 2 rings (SSSR count). The van der Waals surface area contributed by atoms with E-state index in [0.29, 0.717) is 18.7 Å². The third-order valence-electron chi connectivity index (χ3n) is 3.30. The fourth-order valence-corrected chi connectivity index (χ4v) is 2.91. The number of nitrogens with one attached hydrogen (secondary N) is 1. The first-order valence-corrected chi connectivity index (χ1v) is 9.12. The van der Waals surface area contributed by atoms with Crippen molar-refractivity contribution in [2.24, 2.45) is 0 Å². The molecule has 0 fully saturated rings. The van der Waals surface area contributed by atoms with Crippen LogP contribution in [0, 0.1) is 5.82 Å². The van der Waals surface area contributed by atoms with E-state index in [1.54, 1.807) is 7.11 Å². The van der Waals surface area contributed by atoms with Crippen molar-refractivity contribution < 1.29 is 22.3 Å². The van der Waals surface area contributed by atoms with Gasteiger partial charge in [-0.15, -0.1) is 0 Å². The highest BCUT2D eigenvalue weighted by atomic mass is 32.2. The molecular weight excluding hydrogens is 333 g/mol. The summed E-state index contributed by atoms with van der Waals surface area (Å²) in [5.41, 5.74) is 0.986. The summed E-state index contributed by atoms with van der Waals surface area (Å²) in [5, 5.41) is 0. The lowest BCUT2D eigenvalue weighted by molar-refractivity contribution is 0.339. The van der Waals surface area contributed by atoms with Crippen molar-refractivity contribution in [2.45, 2.75) is 6.42 Å². The SMILES string of the molecule is COc1cccc(CCNS(=O)(=O)CCOc2ccc(F)cc2)c1. The molecule has 0 unspecified atom stereocenters. The largest absolute Gasteiger partial charge is 0.497 e. The van der Waals surface area contributed by atoms with Crippen molar-refractivity contribution in [3.63, 3.8) is 0 Å². The molecule has 0 aliphatic rings. The van der Waals surface area contributed by atoms with Gasteiger partial charge in [-0.2, -0.15) is 0 Å². The minimum Gasteiger partial charge on any atom is -0.497 e. The number of rotatable bonds is 9. The number of hydrogen-bond donors (Lipinski definition) is 1. The zero-order valence-electron chi connectivity index (χ0n) is 13.4. The van der Waals surface area contributed by atoms with Gasteiger partial charge in [0.2, 0.25) is 10.0 Å². The highest BCUT2D eigenvalue weighted by Gasteiger charge is 2.10. The van der Waals surface area contributed by atoms with Gasteiger partial charge in [-0.05, 0) is 48.4 Å². The molecule has 0 saturated heterocycles. The van der Waals surface area contributed by atoms with Crippen LogP contribution in [0.2, 0.25) is 0 Å². The monoisotopic (exact) mass is 353 g/mol. The second-order valence-electron chi connectivity index (χ2n) is 5.12. The van der Waals surface area contributed by atoms with Crippen LogP contribution >= 0.6 is 0 Å². The van der Waals surface area contributed by atoms with Gasteiger partial charge < -0.3 is 9.47 Å². The number of ether oxygens (including phenoxy) is 2. The summed E-state index contributed by atoms with van der Waals surface area (Å²) in [6, 6.07) is 12.9. The van der Waals surface area contributed by atoms with Crippen molar-refractivity contribution in [3.05, 3.63) is 59.9 Å². The molecule has 0 aliphatic heterocycles. The van der Waals surface area contributed by atoms with Crippen LogP contribution in [0.25, 0.3) is 0 Å². The van der Waals surface area contributed by atoms with E-state index in [9.17, 15) is 12.8 Å². The van der Waals surface area contributed by atoms with Crippen LogP contribution in [0.4, 0.5) is 4.39 Å². The van der Waals surface area contributed by atoms with Crippen LogP contribution in [0.5, 0.6) is 11.5 Å². The summed E-state index contributed by atoms with van der Waals surface area (Å²) < 4.78 is 49.5. The molecule has 2 aromatic carbocycles. The lowest BCUT2D eigenvalue weighted by atomic mass is 10.1. The Balaban J connectivity index is 1.73. The molecule has 7 heteroatoms. The van der Waals surface area contributed by atoms with Crippen LogP contribution in [-0.2, 0) is 16.4 Å². The molecule has 0 heterocycles. The van der Waals surface area contributed by atoms with Crippen LogP contribution in [-0.4, -0.2) is 34.4 Å². The van der Waals surface area contributed by atoms with Crippen molar-refractivity contribution in [3.8, 4) is 11.5 Å². The first-order chi connectivity index (χ1) is 11.5. The molecule has 130 valence electrons. The van der Waals surface area contributed by atoms with Crippen LogP contribution in [0.15, 0.2) is 48.5 Å². The summed E-state index contributed by atoms with van der Waals surface area (Å²) >= 11 is 0. The highest BCUT2D eigenvalue weighted by Crippen LogP contribution is 2.13. The Morgan fingerprint density at radius 1 is 1.08 bits per heavy atom. The van der Waals surface area contributed by atoms with Crippen molar-refractivity contribution in [1.82, 2.24) is 4.72 Å². The van der Waals surface area contributed by atoms with Crippen LogP contribution in [0.1, 0.15) is 5.56 Å². The summed E-state index contributed by atoms with van der Waals surface area (Å²) in [6.07, 6.45) is 0.565. The maximum Gasteiger partial charge on any atom is 0.214 e. The molecule has 24 heavy (non-hydrogen) atoms. The fraction of sp³-hybridized carbons (Fsp3) is 0.294. The predicted molar refractivity (Wildman–Crippen MR) is 90.4 cm³/mol. The Hall–Kier alpha value is -2.12. The number of halogens is 1. The zero-order chi connectivity index (χ0) is 17.4. The van der Waals surface area contributed by atoms with Gasteiger partial charge in [0, 0.05) is 6.54 Å². The van der Waals surface area contributed by atoms with E-state index in [4.69, 9.17) is 9.47 Å². The fourth-order valence-electron chi connectivity index (χ4n) is 2.05. The summed E-state index contributed by atoms with van der Waals surface area (Å²) in [5.74, 6) is 0.642. The third-order valence-corrected chi connectivity index (χ3v) is 4.65. The van der Waals surface area contributed by atoms with E-state index < -0.39 is 10.0 Å². The average Bonchev–Trinajstić information content (AvgIpc) is 2.56. The molecule has 0 spiro atoms. The van der Waals surface area contributed by atoms with Gasteiger partial charge in [-0.1, -0.05) is 12.1 Å². The van der Waals surface area contributed by atoms with Gasteiger partial charge in [0.25, 0.3) is 0 Å². The van der Waals surface area contributed by atoms with Gasteiger partial charge in [0.1, 0.15) is 23.9 Å². The summed E-state index contributed by atoms with van der Waals surface area (Å²) in [4.78, 5) is 0. The lowest BCUT2D eigenvalue weighted by Crippen LogP contribution is -2.30. The normalized spacial score (nSPS) is 11.2. The molecular formula is C17H20FNO4S. The van der Waals surface area contributed by atoms with E-state index >= 15 is 0 Å². The smallest absolute Gasteiger partial charge is 0.214 e. The van der Waals surface area contributed by atoms with Crippen LogP contribution < -0.4 is 14.2 Å². The van der Waals surface area contributed by atoms with E-state index in [1.165, 1.54) is 24.3 Å². The Morgan fingerprint density at radius 3 is 2.54 bits per heavy atom. The Morgan fingerprint density at radius 2 is 1.83 bits per heavy atom. The number of methoxy groups -OCH3 is 1. The molecule has 0 aromatic heterocycles. The minimum atomic E-state index is -3.43. The second kappa shape index (κ2) is 8.65. The van der Waals surface area contributed by atoms with E-state index in [2.05, 4.69) is 4.72 Å². The topological polar surface area (TPSA) is 64.6 Å². The molecule has 0 bridgehead atoms. The van der Waals surface area contributed by atoms with Crippen LogP contribution in [0.3, 0.4) is 0 Å². The predicted octanol–water partition coefficient (Wildman–Crippen LogP) is 2.38. The number of benzene rings is 2. The third kappa shape index (κ3) is 6.17. The quantitative estimate of drug-likeness (QED) is 0.752. The first kappa shape index (κ1) is 18.2. The molecule has 0 atom stereocenters. The lowest BCUT2D eigenvalue weighted by Gasteiger charge is -2.09. The van der Waals surface area contributed by atoms with Gasteiger partial charge in [-0.3, -0.25) is 0 Å². The molecule has 1 N–H and O–H groups in total. The molecule has 0 amide bonds. The van der Waals surface area contributed by atoms with E-state index in [0.717, 1.165) is 11.3 Å². The molecule has 0 saturated carbocycles. The van der Waals surface area contributed by atoms with Gasteiger partial charge in [-0.25, -0.2) is 17.5 Å². The Labute approximate surface area is 141 Å². The average molecular weight is 353 g/mol. The number of hydrogen-bond acceptors (Lipinski definition) is 4. The summed E-state index contributed by atoms with van der Waals surface area (Å²) in [7, 11) is -1.84. The highest BCUT2D eigenvalue weighted by molar-refractivity contribution is 7.89. The number of sulfonamides is 1. The van der Waals surface area contributed by atoms with Gasteiger partial charge >= 0.3 is 0 Å². The molecule has 0 aliphatic carbocycles. The molecule has 2 aromatic rings. The maximum atomic E-state index is 12.8. The second-order valence-corrected chi connectivity index (χ2v) is 7.04. The van der Waals surface area contributed by atoms with Gasteiger partial charge in [0.15, 0.2) is 0 Å². The summed E-state index contributed by atoms with van der Waals surface area (Å²) in [6.45, 7) is 0.298. The van der Waals surface area contributed by atoms with E-state index in [-0.39, 0.29) is 18.2 Å². The molecule has 5 nitrogen and oxygen atoms in total. The standard InChI is InChI=1S/C17H20FNO4S/c1-22-17-4-2-3-14(13-17)9-10-19-24(20,21)12-11-23-16-7-5-15(18)6-8-16/h2-8,13,19H,9-12H2,1H3. The maximum absolute atomic E-state index is 12.8.